The molecule has 0 spiro atoms. The van der Waals surface area contributed by atoms with Crippen LogP contribution in [-0.4, -0.2) is 73.8 Å². The molecule has 0 radical (unpaired) electrons. The van der Waals surface area contributed by atoms with E-state index >= 15 is 0 Å². The molecule has 7 nitrogen and oxygen atoms in total. The molecule has 2 aliphatic rings. The molecule has 32 heavy (non-hydrogen) atoms. The number of hydrogen-bond donors (Lipinski definition) is 1. The summed E-state index contributed by atoms with van der Waals surface area (Å²) in [5.41, 5.74) is 1.57. The van der Waals surface area contributed by atoms with E-state index in [4.69, 9.17) is 14.7 Å². The molecule has 2 unspecified atom stereocenters. The lowest BCUT2D eigenvalue weighted by Gasteiger charge is -2.45. The molecule has 2 aliphatic heterocycles. The maximum absolute atomic E-state index is 13.7. The van der Waals surface area contributed by atoms with Crippen LogP contribution in [0.5, 0.6) is 5.75 Å². The van der Waals surface area contributed by atoms with Crippen LogP contribution in [0.4, 0.5) is 4.39 Å². The summed E-state index contributed by atoms with van der Waals surface area (Å²) < 4.78 is 25.3. The molecule has 2 heterocycles. The highest BCUT2D eigenvalue weighted by Gasteiger charge is 2.35. The zero-order valence-electron chi connectivity index (χ0n) is 17.9. The van der Waals surface area contributed by atoms with E-state index in [1.165, 1.54) is 6.07 Å². The Morgan fingerprint density at radius 2 is 1.78 bits per heavy atom. The molecule has 2 saturated heterocycles. The van der Waals surface area contributed by atoms with Gasteiger partial charge in [0.25, 0.3) is 0 Å². The molecule has 1 N–H and O–H groups in total. The number of carbonyl (C=O) groups excluding carboxylic acids is 1. The smallest absolute Gasteiger partial charge is 0.234 e. The van der Waals surface area contributed by atoms with Crippen molar-refractivity contribution >= 4 is 5.91 Å². The van der Waals surface area contributed by atoms with Crippen molar-refractivity contribution in [2.75, 3.05) is 45.9 Å². The lowest BCUT2D eigenvalue weighted by Crippen LogP contribution is -2.60. The highest BCUT2D eigenvalue weighted by Crippen LogP contribution is 2.20. The molecular formula is C24H27FN4O3. The van der Waals surface area contributed by atoms with E-state index in [1.807, 2.05) is 12.1 Å². The minimum absolute atomic E-state index is 0.0236. The van der Waals surface area contributed by atoms with Gasteiger partial charge in [-0.2, -0.15) is 5.26 Å². The number of rotatable bonds is 8. The zero-order valence-corrected chi connectivity index (χ0v) is 17.9. The van der Waals surface area contributed by atoms with Gasteiger partial charge in [0.1, 0.15) is 6.61 Å². The van der Waals surface area contributed by atoms with Crippen LogP contribution in [0, 0.1) is 17.1 Å². The molecule has 8 heteroatoms. The van der Waals surface area contributed by atoms with Crippen LogP contribution in [0.15, 0.2) is 48.5 Å². The predicted octanol–water partition coefficient (Wildman–Crippen LogP) is 1.78. The maximum atomic E-state index is 13.7. The molecule has 0 aromatic heterocycles. The first-order valence-corrected chi connectivity index (χ1v) is 10.8. The number of hydrogen-bond acceptors (Lipinski definition) is 6. The minimum Gasteiger partial charge on any atom is -0.489 e. The lowest BCUT2D eigenvalue weighted by molar-refractivity contribution is -0.145. The number of nitrogens with one attached hydrogen (secondary N) is 1. The zero-order chi connectivity index (χ0) is 22.3. The van der Waals surface area contributed by atoms with Crippen molar-refractivity contribution in [3.63, 3.8) is 0 Å². The molecule has 2 bridgehead atoms. The highest BCUT2D eigenvalue weighted by molar-refractivity contribution is 5.78. The SMILES string of the molecule is N#Cc1ccc(CNC(=O)CN2CC3CN(CCOc4ccccc4F)CC(C2)O3)cc1. The van der Waals surface area contributed by atoms with Crippen LogP contribution in [0.3, 0.4) is 0 Å². The third-order valence-electron chi connectivity index (χ3n) is 5.67. The molecule has 4 rings (SSSR count). The molecule has 2 aromatic carbocycles. The van der Waals surface area contributed by atoms with Gasteiger partial charge >= 0.3 is 0 Å². The summed E-state index contributed by atoms with van der Waals surface area (Å²) in [6.07, 6.45) is 0.0876. The number of para-hydroxylation sites is 1. The Kier molecular flexibility index (Phi) is 7.32. The highest BCUT2D eigenvalue weighted by atomic mass is 19.1. The van der Waals surface area contributed by atoms with Crippen LogP contribution in [0.1, 0.15) is 11.1 Å². The third kappa shape index (κ3) is 6.04. The van der Waals surface area contributed by atoms with E-state index in [9.17, 15) is 9.18 Å². The van der Waals surface area contributed by atoms with Crippen LogP contribution < -0.4 is 10.1 Å². The van der Waals surface area contributed by atoms with Gasteiger partial charge in [0.15, 0.2) is 11.6 Å². The summed E-state index contributed by atoms with van der Waals surface area (Å²) >= 11 is 0. The van der Waals surface area contributed by atoms with Gasteiger partial charge < -0.3 is 14.8 Å². The van der Waals surface area contributed by atoms with Gasteiger partial charge in [-0.3, -0.25) is 14.6 Å². The van der Waals surface area contributed by atoms with Crippen LogP contribution in [-0.2, 0) is 16.1 Å². The quantitative estimate of drug-likeness (QED) is 0.677. The van der Waals surface area contributed by atoms with Crippen molar-refractivity contribution in [1.82, 2.24) is 15.1 Å². The molecule has 1 amide bonds. The average molecular weight is 439 g/mol. The second-order valence-electron chi connectivity index (χ2n) is 8.20. The van der Waals surface area contributed by atoms with Crippen molar-refractivity contribution in [3.05, 3.63) is 65.5 Å². The first kappa shape index (κ1) is 22.2. The Balaban J connectivity index is 1.18. The molecule has 2 aromatic rings. The predicted molar refractivity (Wildman–Crippen MR) is 116 cm³/mol. The van der Waals surface area contributed by atoms with Gasteiger partial charge in [-0.1, -0.05) is 24.3 Å². The minimum atomic E-state index is -0.348. The standard InChI is InChI=1S/C24H27FN4O3/c25-22-3-1-2-4-23(22)31-10-9-28-13-20-15-29(16-21(14-28)32-20)17-24(30)27-12-19-7-5-18(11-26)6-8-19/h1-8,20-21H,9-10,12-17H2,(H,27,30). The van der Waals surface area contributed by atoms with Gasteiger partial charge in [-0.05, 0) is 29.8 Å². The Morgan fingerprint density at radius 1 is 1.09 bits per heavy atom. The summed E-state index contributed by atoms with van der Waals surface area (Å²) in [7, 11) is 0. The molecule has 2 fully saturated rings. The van der Waals surface area contributed by atoms with Gasteiger partial charge in [0.2, 0.25) is 5.91 Å². The molecular weight excluding hydrogens is 411 g/mol. The third-order valence-corrected chi connectivity index (χ3v) is 5.67. The molecule has 0 aliphatic carbocycles. The van der Waals surface area contributed by atoms with Crippen LogP contribution in [0.2, 0.25) is 0 Å². The van der Waals surface area contributed by atoms with E-state index in [-0.39, 0.29) is 29.7 Å². The number of amides is 1. The number of nitrogens with zero attached hydrogens (tertiary/aromatic N) is 3. The fourth-order valence-corrected chi connectivity index (χ4v) is 4.18. The molecule has 2 atom stereocenters. The van der Waals surface area contributed by atoms with Crippen molar-refractivity contribution in [2.45, 2.75) is 18.8 Å². The fraction of sp³-hybridized carbons (Fsp3) is 0.417. The number of morpholine rings is 2. The molecule has 0 saturated carbocycles. The Hall–Kier alpha value is -2.99. The van der Waals surface area contributed by atoms with Crippen LogP contribution >= 0.6 is 0 Å². The van der Waals surface area contributed by atoms with Gasteiger partial charge in [-0.25, -0.2) is 4.39 Å². The molecule has 168 valence electrons. The fourth-order valence-electron chi connectivity index (χ4n) is 4.18. The number of carbonyl (C=O) groups is 1. The topological polar surface area (TPSA) is 77.8 Å². The summed E-state index contributed by atoms with van der Waals surface area (Å²) in [6.45, 7) is 4.83. The normalized spacial score (nSPS) is 21.0. The van der Waals surface area contributed by atoms with E-state index in [2.05, 4.69) is 21.2 Å². The second-order valence-corrected chi connectivity index (χ2v) is 8.20. The summed E-state index contributed by atoms with van der Waals surface area (Å²) in [5, 5.41) is 11.8. The van der Waals surface area contributed by atoms with E-state index in [0.29, 0.717) is 44.9 Å². The Morgan fingerprint density at radius 3 is 2.47 bits per heavy atom. The Labute approximate surface area is 187 Å². The summed E-state index contributed by atoms with van der Waals surface area (Å²) in [4.78, 5) is 16.8. The van der Waals surface area contributed by atoms with Gasteiger partial charge in [0, 0.05) is 39.3 Å². The van der Waals surface area contributed by atoms with Crippen molar-refractivity contribution in [2.24, 2.45) is 0 Å². The van der Waals surface area contributed by atoms with Crippen molar-refractivity contribution < 1.29 is 18.7 Å². The van der Waals surface area contributed by atoms with E-state index in [1.54, 1.807) is 30.3 Å². The number of halogens is 1. The maximum Gasteiger partial charge on any atom is 0.234 e. The second kappa shape index (κ2) is 10.6. The number of ether oxygens (including phenoxy) is 2. The van der Waals surface area contributed by atoms with E-state index < -0.39 is 0 Å². The van der Waals surface area contributed by atoms with Crippen molar-refractivity contribution in [3.8, 4) is 11.8 Å². The number of nitriles is 1. The van der Waals surface area contributed by atoms with Gasteiger partial charge in [-0.15, -0.1) is 0 Å². The summed E-state index contributed by atoms with van der Waals surface area (Å²) in [6, 6.07) is 15.7. The first-order valence-electron chi connectivity index (χ1n) is 10.8. The number of benzene rings is 2. The van der Waals surface area contributed by atoms with Crippen molar-refractivity contribution in [1.29, 1.82) is 5.26 Å². The number of fused-ring (bicyclic) bond motifs is 2. The van der Waals surface area contributed by atoms with Crippen LogP contribution in [0.25, 0.3) is 0 Å². The Bertz CT molecular complexity index is 948. The van der Waals surface area contributed by atoms with Gasteiger partial charge in [0.05, 0.1) is 30.4 Å². The largest absolute Gasteiger partial charge is 0.489 e. The monoisotopic (exact) mass is 438 g/mol. The average Bonchev–Trinajstić information content (AvgIpc) is 2.79. The van der Waals surface area contributed by atoms with E-state index in [0.717, 1.165) is 18.7 Å². The summed E-state index contributed by atoms with van der Waals surface area (Å²) in [5.74, 6) is -0.0944. The lowest BCUT2D eigenvalue weighted by atomic mass is 10.1. The first-order chi connectivity index (χ1) is 15.6.